The van der Waals surface area contributed by atoms with Gasteiger partial charge in [-0.2, -0.15) is 5.10 Å². The van der Waals surface area contributed by atoms with Crippen molar-refractivity contribution in [1.29, 1.82) is 0 Å². The summed E-state index contributed by atoms with van der Waals surface area (Å²) >= 11 is 0. The minimum atomic E-state index is -0.0196. The van der Waals surface area contributed by atoms with Crippen LogP contribution >= 0.6 is 0 Å². The highest BCUT2D eigenvalue weighted by molar-refractivity contribution is 5.40. The van der Waals surface area contributed by atoms with Gasteiger partial charge in [0.25, 0.3) is 0 Å². The van der Waals surface area contributed by atoms with E-state index in [1.165, 1.54) is 0 Å². The van der Waals surface area contributed by atoms with Crippen molar-refractivity contribution < 1.29 is 4.74 Å². The normalized spacial score (nSPS) is 20.1. The van der Waals surface area contributed by atoms with Crippen LogP contribution in [0.5, 0.6) is 0 Å². The van der Waals surface area contributed by atoms with E-state index in [1.807, 2.05) is 25.1 Å². The van der Waals surface area contributed by atoms with Gasteiger partial charge in [0.2, 0.25) is 0 Å². The lowest BCUT2D eigenvalue weighted by atomic mass is 10.1. The molecule has 1 saturated heterocycles. The number of nitrogens with two attached hydrogens (primary N) is 1. The number of aromatic amines is 1. The monoisotopic (exact) mass is 273 g/mol. The summed E-state index contributed by atoms with van der Waals surface area (Å²) in [6.07, 6.45) is 1.75. The first-order valence-corrected chi connectivity index (χ1v) is 6.77. The Hall–Kier alpha value is -1.92. The van der Waals surface area contributed by atoms with E-state index in [1.54, 1.807) is 6.20 Å². The molecule has 106 valence electrons. The van der Waals surface area contributed by atoms with Crippen LogP contribution in [0, 0.1) is 6.92 Å². The number of anilines is 1. The lowest BCUT2D eigenvalue weighted by Gasteiger charge is -2.32. The molecule has 2 aromatic heterocycles. The standard InChI is InChI=1S/C14H19N5O/c1-10-6-11(15)7-13(17-10)14-9-19(4-5-20-14)8-12-2-3-16-18-12/h2-3,6-7,14H,4-5,8-9H2,1H3,(H2,15,17)(H,16,18)/t14-/m1/s1. The Bertz CT molecular complexity index is 549. The maximum Gasteiger partial charge on any atom is 0.112 e. The Morgan fingerprint density at radius 2 is 2.40 bits per heavy atom. The summed E-state index contributed by atoms with van der Waals surface area (Å²) in [4.78, 5) is 6.87. The van der Waals surface area contributed by atoms with Crippen molar-refractivity contribution in [1.82, 2.24) is 20.1 Å². The van der Waals surface area contributed by atoms with E-state index in [4.69, 9.17) is 10.5 Å². The van der Waals surface area contributed by atoms with Gasteiger partial charge in [-0.3, -0.25) is 15.0 Å². The van der Waals surface area contributed by atoms with Gasteiger partial charge >= 0.3 is 0 Å². The van der Waals surface area contributed by atoms with Gasteiger partial charge in [-0.15, -0.1) is 0 Å². The number of aromatic nitrogens is 3. The highest BCUT2D eigenvalue weighted by atomic mass is 16.5. The fourth-order valence-electron chi connectivity index (χ4n) is 2.53. The second-order valence-electron chi connectivity index (χ2n) is 5.14. The number of nitrogen functional groups attached to an aromatic ring is 1. The van der Waals surface area contributed by atoms with Gasteiger partial charge < -0.3 is 10.5 Å². The Morgan fingerprint density at radius 3 is 3.15 bits per heavy atom. The van der Waals surface area contributed by atoms with Crippen LogP contribution in [0.25, 0.3) is 0 Å². The number of nitrogens with zero attached hydrogens (tertiary/aromatic N) is 3. The number of aryl methyl sites for hydroxylation is 1. The summed E-state index contributed by atoms with van der Waals surface area (Å²) in [6.45, 7) is 5.23. The molecule has 1 fully saturated rings. The third-order valence-electron chi connectivity index (χ3n) is 3.43. The van der Waals surface area contributed by atoms with Gasteiger partial charge in [-0.1, -0.05) is 0 Å². The van der Waals surface area contributed by atoms with Crippen LogP contribution in [0.3, 0.4) is 0 Å². The van der Waals surface area contributed by atoms with E-state index in [0.717, 1.165) is 42.4 Å². The molecule has 0 aromatic carbocycles. The average molecular weight is 273 g/mol. The maximum atomic E-state index is 5.89. The molecule has 2 aromatic rings. The van der Waals surface area contributed by atoms with E-state index in [0.29, 0.717) is 6.61 Å². The molecule has 0 saturated carbocycles. The van der Waals surface area contributed by atoms with Gasteiger partial charge in [0.15, 0.2) is 0 Å². The molecule has 0 amide bonds. The van der Waals surface area contributed by atoms with Crippen molar-refractivity contribution >= 4 is 5.69 Å². The Morgan fingerprint density at radius 1 is 1.50 bits per heavy atom. The smallest absolute Gasteiger partial charge is 0.112 e. The second kappa shape index (κ2) is 5.60. The van der Waals surface area contributed by atoms with Crippen molar-refractivity contribution in [3.8, 4) is 0 Å². The molecule has 3 rings (SSSR count). The van der Waals surface area contributed by atoms with Gasteiger partial charge in [0.05, 0.1) is 12.3 Å². The predicted octanol–water partition coefficient (Wildman–Crippen LogP) is 1.27. The summed E-state index contributed by atoms with van der Waals surface area (Å²) in [5, 5.41) is 6.97. The van der Waals surface area contributed by atoms with Crippen molar-refractivity contribution in [3.05, 3.63) is 41.5 Å². The topological polar surface area (TPSA) is 80.1 Å². The quantitative estimate of drug-likeness (QED) is 0.880. The van der Waals surface area contributed by atoms with Crippen LogP contribution in [0.15, 0.2) is 24.4 Å². The molecule has 0 aliphatic carbocycles. The van der Waals surface area contributed by atoms with Gasteiger partial charge in [0, 0.05) is 42.9 Å². The van der Waals surface area contributed by atoms with Crippen LogP contribution in [0.1, 0.15) is 23.2 Å². The third kappa shape index (κ3) is 2.97. The zero-order chi connectivity index (χ0) is 13.9. The van der Waals surface area contributed by atoms with Gasteiger partial charge in [-0.25, -0.2) is 0 Å². The number of ether oxygens (including phenoxy) is 1. The fourth-order valence-corrected chi connectivity index (χ4v) is 2.53. The lowest BCUT2D eigenvalue weighted by Crippen LogP contribution is -2.38. The first kappa shape index (κ1) is 13.1. The van der Waals surface area contributed by atoms with Gasteiger partial charge in [-0.05, 0) is 25.1 Å². The van der Waals surface area contributed by atoms with Crippen LogP contribution in [-0.2, 0) is 11.3 Å². The molecule has 0 radical (unpaired) electrons. The zero-order valence-corrected chi connectivity index (χ0v) is 11.5. The minimum Gasteiger partial charge on any atom is -0.399 e. The number of hydrogen-bond donors (Lipinski definition) is 2. The molecule has 6 nitrogen and oxygen atoms in total. The number of rotatable bonds is 3. The molecule has 1 aliphatic heterocycles. The molecule has 3 heterocycles. The first-order valence-electron chi connectivity index (χ1n) is 6.77. The second-order valence-corrected chi connectivity index (χ2v) is 5.14. The summed E-state index contributed by atoms with van der Waals surface area (Å²) < 4.78 is 5.84. The first-order chi connectivity index (χ1) is 9.70. The molecule has 0 spiro atoms. The molecule has 6 heteroatoms. The molecule has 20 heavy (non-hydrogen) atoms. The molecule has 3 N–H and O–H groups in total. The van der Waals surface area contributed by atoms with E-state index in [-0.39, 0.29) is 6.10 Å². The number of pyridine rings is 1. The fraction of sp³-hybridized carbons (Fsp3) is 0.429. The third-order valence-corrected chi connectivity index (χ3v) is 3.43. The van der Waals surface area contributed by atoms with Crippen LogP contribution in [0.2, 0.25) is 0 Å². The SMILES string of the molecule is Cc1cc(N)cc([C@H]2CN(Cc3ccn[nH]3)CCO2)n1. The highest BCUT2D eigenvalue weighted by Crippen LogP contribution is 2.23. The molecule has 1 aliphatic rings. The Labute approximate surface area is 118 Å². The number of H-pyrrole nitrogens is 1. The Balaban J connectivity index is 1.71. The van der Waals surface area contributed by atoms with Crippen LogP contribution < -0.4 is 5.73 Å². The summed E-state index contributed by atoms with van der Waals surface area (Å²) in [5.74, 6) is 0. The van der Waals surface area contributed by atoms with Crippen molar-refractivity contribution in [2.75, 3.05) is 25.4 Å². The molecule has 1 atom stereocenters. The predicted molar refractivity (Wildman–Crippen MR) is 75.9 cm³/mol. The molecule has 0 unspecified atom stereocenters. The van der Waals surface area contributed by atoms with Crippen molar-refractivity contribution in [2.45, 2.75) is 19.6 Å². The zero-order valence-electron chi connectivity index (χ0n) is 11.5. The van der Waals surface area contributed by atoms with E-state index >= 15 is 0 Å². The van der Waals surface area contributed by atoms with Crippen LogP contribution in [-0.4, -0.2) is 39.8 Å². The maximum absolute atomic E-state index is 5.89. The largest absolute Gasteiger partial charge is 0.399 e. The summed E-state index contributed by atoms with van der Waals surface area (Å²) in [6, 6.07) is 5.76. The van der Waals surface area contributed by atoms with Crippen molar-refractivity contribution in [2.24, 2.45) is 0 Å². The average Bonchev–Trinajstić information content (AvgIpc) is 2.91. The van der Waals surface area contributed by atoms with E-state index in [2.05, 4.69) is 20.1 Å². The lowest BCUT2D eigenvalue weighted by molar-refractivity contribution is -0.0353. The van der Waals surface area contributed by atoms with E-state index in [9.17, 15) is 0 Å². The highest BCUT2D eigenvalue weighted by Gasteiger charge is 2.23. The van der Waals surface area contributed by atoms with E-state index < -0.39 is 0 Å². The molecular formula is C14H19N5O. The minimum absolute atomic E-state index is 0.0196. The van der Waals surface area contributed by atoms with Crippen LogP contribution in [0.4, 0.5) is 5.69 Å². The number of nitrogens with one attached hydrogen (secondary N) is 1. The number of morpholine rings is 1. The number of hydrogen-bond acceptors (Lipinski definition) is 5. The Kier molecular flexibility index (Phi) is 3.66. The van der Waals surface area contributed by atoms with Crippen molar-refractivity contribution in [3.63, 3.8) is 0 Å². The molecule has 0 bridgehead atoms. The molecular weight excluding hydrogens is 254 g/mol. The summed E-state index contributed by atoms with van der Waals surface area (Å²) in [5.41, 5.74) is 9.58. The van der Waals surface area contributed by atoms with Gasteiger partial charge in [0.1, 0.15) is 6.10 Å². The summed E-state index contributed by atoms with van der Waals surface area (Å²) in [7, 11) is 0.